The van der Waals surface area contributed by atoms with Gasteiger partial charge in [-0.05, 0) is 12.1 Å². The Morgan fingerprint density at radius 3 is 2.53 bits per heavy atom. The fourth-order valence-electron chi connectivity index (χ4n) is 2.19. The number of imide groups is 1. The summed E-state index contributed by atoms with van der Waals surface area (Å²) in [6.07, 6.45) is 3.47. The van der Waals surface area contributed by atoms with Gasteiger partial charge in [0.1, 0.15) is 0 Å². The summed E-state index contributed by atoms with van der Waals surface area (Å²) in [6, 6.07) is 3.57. The predicted molar refractivity (Wildman–Crippen MR) is 60.5 cm³/mol. The van der Waals surface area contributed by atoms with Crippen molar-refractivity contribution < 1.29 is 9.59 Å². The summed E-state index contributed by atoms with van der Waals surface area (Å²) in [7, 11) is 0. The molecule has 0 aromatic carbocycles. The molecule has 1 aromatic rings. The van der Waals surface area contributed by atoms with E-state index in [-0.39, 0.29) is 24.5 Å². The van der Waals surface area contributed by atoms with Crippen LogP contribution in [0.4, 0.5) is 10.5 Å². The molecule has 0 atom stereocenters. The van der Waals surface area contributed by atoms with E-state index in [0.29, 0.717) is 13.1 Å². The highest BCUT2D eigenvalue weighted by Crippen LogP contribution is 2.23. The van der Waals surface area contributed by atoms with Crippen molar-refractivity contribution in [2.75, 3.05) is 24.5 Å². The Labute approximate surface area is 98.2 Å². The first-order valence-electron chi connectivity index (χ1n) is 5.50. The molecule has 0 bridgehead atoms. The van der Waals surface area contributed by atoms with Gasteiger partial charge in [-0.25, -0.2) is 4.79 Å². The van der Waals surface area contributed by atoms with Gasteiger partial charge in [0.25, 0.3) is 0 Å². The van der Waals surface area contributed by atoms with E-state index in [1.165, 1.54) is 4.90 Å². The Kier molecular flexibility index (Phi) is 2.21. The van der Waals surface area contributed by atoms with Gasteiger partial charge >= 0.3 is 6.03 Å². The van der Waals surface area contributed by atoms with Crippen LogP contribution in [0.3, 0.4) is 0 Å². The van der Waals surface area contributed by atoms with Gasteiger partial charge in [0.05, 0.1) is 12.6 Å². The summed E-state index contributed by atoms with van der Waals surface area (Å²) in [5.74, 6) is -0.130. The lowest BCUT2D eigenvalue weighted by Gasteiger charge is -2.43. The molecule has 0 radical (unpaired) electrons. The smallest absolute Gasteiger partial charge is 0.324 e. The lowest BCUT2D eigenvalue weighted by atomic mass is 10.1. The van der Waals surface area contributed by atoms with Crippen molar-refractivity contribution in [1.29, 1.82) is 0 Å². The highest BCUT2D eigenvalue weighted by Gasteiger charge is 2.41. The van der Waals surface area contributed by atoms with Gasteiger partial charge in [0.2, 0.25) is 5.91 Å². The molecule has 1 aromatic heterocycles. The van der Waals surface area contributed by atoms with E-state index < -0.39 is 0 Å². The van der Waals surface area contributed by atoms with Crippen LogP contribution in [-0.2, 0) is 4.79 Å². The minimum Gasteiger partial charge on any atom is -0.367 e. The first-order valence-corrected chi connectivity index (χ1v) is 5.50. The zero-order chi connectivity index (χ0) is 11.8. The summed E-state index contributed by atoms with van der Waals surface area (Å²) in [6.45, 7) is 1.52. The van der Waals surface area contributed by atoms with Crippen molar-refractivity contribution in [1.82, 2.24) is 15.2 Å². The first-order chi connectivity index (χ1) is 8.25. The Morgan fingerprint density at radius 2 is 1.94 bits per heavy atom. The Bertz CT molecular complexity index is 440. The average Bonchev–Trinajstić information content (AvgIpc) is 2.60. The van der Waals surface area contributed by atoms with Gasteiger partial charge in [0.15, 0.2) is 0 Å². The number of hydrogen-bond acceptors (Lipinski definition) is 4. The van der Waals surface area contributed by atoms with Crippen LogP contribution in [0.2, 0.25) is 0 Å². The maximum Gasteiger partial charge on any atom is 0.324 e. The highest BCUT2D eigenvalue weighted by atomic mass is 16.2. The maximum atomic E-state index is 11.5. The number of carbonyl (C=O) groups excluding carboxylic acids is 2. The van der Waals surface area contributed by atoms with Crippen LogP contribution in [0.25, 0.3) is 0 Å². The standard InChI is InChI=1S/C11H12N4O2/c16-10-5-13-11(17)15(10)9-6-14(7-9)8-1-3-12-4-2-8/h1-4,9H,5-7H2,(H,13,17). The number of anilines is 1. The van der Waals surface area contributed by atoms with Crippen molar-refractivity contribution in [2.45, 2.75) is 6.04 Å². The molecule has 3 heterocycles. The lowest BCUT2D eigenvalue weighted by molar-refractivity contribution is -0.126. The van der Waals surface area contributed by atoms with E-state index in [0.717, 1.165) is 5.69 Å². The summed E-state index contributed by atoms with van der Waals surface area (Å²) < 4.78 is 0. The van der Waals surface area contributed by atoms with Crippen LogP contribution in [0.5, 0.6) is 0 Å². The van der Waals surface area contributed by atoms with Crippen LogP contribution in [-0.4, -0.2) is 47.5 Å². The lowest BCUT2D eigenvalue weighted by Crippen LogP contribution is -2.61. The second-order valence-corrected chi connectivity index (χ2v) is 4.19. The molecule has 17 heavy (non-hydrogen) atoms. The highest BCUT2D eigenvalue weighted by molar-refractivity contribution is 6.02. The summed E-state index contributed by atoms with van der Waals surface area (Å²) in [4.78, 5) is 30.3. The minimum atomic E-state index is -0.269. The number of carbonyl (C=O) groups is 2. The van der Waals surface area contributed by atoms with Crippen molar-refractivity contribution in [3.8, 4) is 0 Å². The number of pyridine rings is 1. The first kappa shape index (κ1) is 10.1. The maximum absolute atomic E-state index is 11.5. The summed E-state index contributed by atoms with van der Waals surface area (Å²) in [5.41, 5.74) is 1.07. The van der Waals surface area contributed by atoms with Crippen LogP contribution in [0.15, 0.2) is 24.5 Å². The van der Waals surface area contributed by atoms with Gasteiger partial charge < -0.3 is 10.2 Å². The predicted octanol–water partition coefficient (Wildman–Crippen LogP) is -0.178. The largest absolute Gasteiger partial charge is 0.367 e. The van der Waals surface area contributed by atoms with E-state index in [9.17, 15) is 9.59 Å². The van der Waals surface area contributed by atoms with Gasteiger partial charge in [-0.3, -0.25) is 14.7 Å². The minimum absolute atomic E-state index is 0.00170. The van der Waals surface area contributed by atoms with Crippen molar-refractivity contribution >= 4 is 17.6 Å². The second-order valence-electron chi connectivity index (χ2n) is 4.19. The number of nitrogens with zero attached hydrogens (tertiary/aromatic N) is 3. The Balaban J connectivity index is 1.65. The van der Waals surface area contributed by atoms with Crippen LogP contribution in [0, 0.1) is 0 Å². The Morgan fingerprint density at radius 1 is 1.24 bits per heavy atom. The summed E-state index contributed by atoms with van der Waals surface area (Å²) >= 11 is 0. The third kappa shape index (κ3) is 1.61. The SMILES string of the molecule is O=C1CNC(=O)N1C1CN(c2ccncc2)C1. The molecule has 3 amide bonds. The molecule has 2 fully saturated rings. The Hall–Kier alpha value is -2.11. The fourth-order valence-corrected chi connectivity index (χ4v) is 2.19. The number of rotatable bonds is 2. The van der Waals surface area contributed by atoms with Crippen LogP contribution >= 0.6 is 0 Å². The molecule has 0 saturated carbocycles. The number of urea groups is 1. The molecule has 2 saturated heterocycles. The van der Waals surface area contributed by atoms with E-state index in [2.05, 4.69) is 15.2 Å². The third-order valence-corrected chi connectivity index (χ3v) is 3.13. The second kappa shape index (κ2) is 3.73. The molecule has 0 spiro atoms. The van der Waals surface area contributed by atoms with E-state index >= 15 is 0 Å². The van der Waals surface area contributed by atoms with E-state index in [4.69, 9.17) is 0 Å². The van der Waals surface area contributed by atoms with E-state index in [1.807, 2.05) is 12.1 Å². The quantitative estimate of drug-likeness (QED) is 0.718. The number of aromatic nitrogens is 1. The van der Waals surface area contributed by atoms with Gasteiger partial charge in [-0.15, -0.1) is 0 Å². The molecule has 88 valence electrons. The monoisotopic (exact) mass is 232 g/mol. The molecular formula is C11H12N4O2. The number of nitrogens with one attached hydrogen (secondary N) is 1. The summed E-state index contributed by atoms with van der Waals surface area (Å²) in [5, 5.41) is 2.53. The molecule has 0 unspecified atom stereocenters. The molecule has 0 aliphatic carbocycles. The van der Waals surface area contributed by atoms with Crippen molar-refractivity contribution in [2.24, 2.45) is 0 Å². The molecule has 6 nitrogen and oxygen atoms in total. The zero-order valence-corrected chi connectivity index (χ0v) is 9.17. The average molecular weight is 232 g/mol. The molecule has 3 rings (SSSR count). The number of amides is 3. The third-order valence-electron chi connectivity index (χ3n) is 3.13. The number of hydrogen-bond donors (Lipinski definition) is 1. The molecule has 2 aliphatic rings. The fraction of sp³-hybridized carbons (Fsp3) is 0.364. The van der Waals surface area contributed by atoms with Crippen molar-refractivity contribution in [3.63, 3.8) is 0 Å². The molecule has 2 aliphatic heterocycles. The topological polar surface area (TPSA) is 65.5 Å². The molecule has 6 heteroatoms. The van der Waals surface area contributed by atoms with Crippen LogP contribution < -0.4 is 10.2 Å². The van der Waals surface area contributed by atoms with Crippen LogP contribution in [0.1, 0.15) is 0 Å². The van der Waals surface area contributed by atoms with E-state index in [1.54, 1.807) is 12.4 Å². The normalized spacial score (nSPS) is 20.5. The molecule has 1 N–H and O–H groups in total. The van der Waals surface area contributed by atoms with Gasteiger partial charge in [-0.2, -0.15) is 0 Å². The van der Waals surface area contributed by atoms with Gasteiger partial charge in [0, 0.05) is 31.2 Å². The van der Waals surface area contributed by atoms with Crippen molar-refractivity contribution in [3.05, 3.63) is 24.5 Å². The molecular weight excluding hydrogens is 220 g/mol. The van der Waals surface area contributed by atoms with Gasteiger partial charge in [-0.1, -0.05) is 0 Å². The zero-order valence-electron chi connectivity index (χ0n) is 9.17.